The number of ether oxygens (including phenoxy) is 1. The molecule has 1 unspecified atom stereocenters. The van der Waals surface area contributed by atoms with Crippen LogP contribution in [0.3, 0.4) is 0 Å². The minimum absolute atomic E-state index is 0.139. The SMILES string of the molecule is COc1cccc(C(=O)N2CCN(C(=O)c3ncn(-c4ccccc4)n3)CC2C)n1. The first-order valence-corrected chi connectivity index (χ1v) is 9.65. The molecule has 3 aromatic rings. The summed E-state index contributed by atoms with van der Waals surface area (Å²) < 4.78 is 6.67. The summed E-state index contributed by atoms with van der Waals surface area (Å²) in [7, 11) is 1.51. The lowest BCUT2D eigenvalue weighted by Crippen LogP contribution is -2.55. The van der Waals surface area contributed by atoms with Gasteiger partial charge in [-0.25, -0.2) is 14.6 Å². The highest BCUT2D eigenvalue weighted by atomic mass is 16.5. The standard InChI is InChI=1S/C21H22N6O3/c1-15-13-25(11-12-26(15)20(28)17-9-6-10-18(23-17)30-2)21(29)19-22-14-27(24-19)16-7-4-3-5-8-16/h3-10,14-15H,11-13H2,1-2H3. The maximum Gasteiger partial charge on any atom is 0.293 e. The summed E-state index contributed by atoms with van der Waals surface area (Å²) >= 11 is 0. The van der Waals surface area contributed by atoms with Crippen LogP contribution in [0.5, 0.6) is 5.88 Å². The molecule has 1 atom stereocenters. The van der Waals surface area contributed by atoms with E-state index in [0.717, 1.165) is 5.69 Å². The highest BCUT2D eigenvalue weighted by Gasteiger charge is 2.32. The van der Waals surface area contributed by atoms with E-state index in [2.05, 4.69) is 15.1 Å². The maximum absolute atomic E-state index is 12.9. The Hall–Kier alpha value is -3.75. The second-order valence-electron chi connectivity index (χ2n) is 7.01. The van der Waals surface area contributed by atoms with Gasteiger partial charge in [0.2, 0.25) is 11.7 Å². The molecule has 1 aliphatic heterocycles. The van der Waals surface area contributed by atoms with Crippen LogP contribution in [-0.2, 0) is 0 Å². The predicted molar refractivity (Wildman–Crippen MR) is 109 cm³/mol. The largest absolute Gasteiger partial charge is 0.481 e. The fourth-order valence-corrected chi connectivity index (χ4v) is 3.45. The maximum atomic E-state index is 12.9. The van der Waals surface area contributed by atoms with Gasteiger partial charge in [0.05, 0.1) is 12.8 Å². The van der Waals surface area contributed by atoms with Gasteiger partial charge >= 0.3 is 0 Å². The normalized spacial score (nSPS) is 16.4. The van der Waals surface area contributed by atoms with Crippen molar-refractivity contribution in [2.75, 3.05) is 26.7 Å². The first-order chi connectivity index (χ1) is 14.6. The topological polar surface area (TPSA) is 93.5 Å². The number of hydrogen-bond donors (Lipinski definition) is 0. The number of rotatable bonds is 4. The van der Waals surface area contributed by atoms with Gasteiger partial charge in [0.15, 0.2) is 0 Å². The van der Waals surface area contributed by atoms with Crippen molar-refractivity contribution in [3.8, 4) is 11.6 Å². The average molecular weight is 406 g/mol. The third-order valence-corrected chi connectivity index (χ3v) is 5.03. The molecule has 0 N–H and O–H groups in total. The summed E-state index contributed by atoms with van der Waals surface area (Å²) in [6.07, 6.45) is 1.53. The lowest BCUT2D eigenvalue weighted by atomic mass is 10.1. The first kappa shape index (κ1) is 19.6. The Morgan fingerprint density at radius 2 is 1.83 bits per heavy atom. The Morgan fingerprint density at radius 1 is 1.03 bits per heavy atom. The van der Waals surface area contributed by atoms with Gasteiger partial charge in [0.25, 0.3) is 11.8 Å². The zero-order chi connectivity index (χ0) is 21.1. The molecule has 9 nitrogen and oxygen atoms in total. The van der Waals surface area contributed by atoms with Crippen molar-refractivity contribution in [3.63, 3.8) is 0 Å². The van der Waals surface area contributed by atoms with E-state index >= 15 is 0 Å². The summed E-state index contributed by atoms with van der Waals surface area (Å²) in [5.41, 5.74) is 1.16. The molecular weight excluding hydrogens is 384 g/mol. The molecule has 0 bridgehead atoms. The highest BCUT2D eigenvalue weighted by Crippen LogP contribution is 2.16. The van der Waals surface area contributed by atoms with Crippen LogP contribution in [-0.4, -0.2) is 74.1 Å². The molecule has 9 heteroatoms. The van der Waals surface area contributed by atoms with Crippen molar-refractivity contribution >= 4 is 11.8 Å². The summed E-state index contributed by atoms with van der Waals surface area (Å²) in [6.45, 7) is 3.12. The molecule has 3 heterocycles. The fraction of sp³-hybridized carbons (Fsp3) is 0.286. The number of nitrogens with zero attached hydrogens (tertiary/aromatic N) is 6. The van der Waals surface area contributed by atoms with E-state index in [1.54, 1.807) is 32.7 Å². The Labute approximate surface area is 173 Å². The summed E-state index contributed by atoms with van der Waals surface area (Å²) in [5, 5.41) is 4.31. The van der Waals surface area contributed by atoms with Gasteiger partial charge in [-0.15, -0.1) is 5.10 Å². The molecular formula is C21H22N6O3. The molecule has 0 aliphatic carbocycles. The highest BCUT2D eigenvalue weighted by molar-refractivity contribution is 5.93. The van der Waals surface area contributed by atoms with Gasteiger partial charge in [-0.05, 0) is 25.1 Å². The second-order valence-corrected chi connectivity index (χ2v) is 7.01. The molecule has 0 saturated carbocycles. The molecule has 0 radical (unpaired) electrons. The average Bonchev–Trinajstić information content (AvgIpc) is 3.29. The number of hydrogen-bond acceptors (Lipinski definition) is 6. The van der Waals surface area contributed by atoms with Crippen LogP contribution < -0.4 is 4.74 Å². The van der Waals surface area contributed by atoms with E-state index < -0.39 is 0 Å². The smallest absolute Gasteiger partial charge is 0.293 e. The molecule has 2 aromatic heterocycles. The third kappa shape index (κ3) is 3.86. The molecule has 2 amide bonds. The molecule has 30 heavy (non-hydrogen) atoms. The number of para-hydroxylation sites is 1. The third-order valence-electron chi connectivity index (χ3n) is 5.03. The van der Waals surface area contributed by atoms with Crippen molar-refractivity contribution in [2.24, 2.45) is 0 Å². The lowest BCUT2D eigenvalue weighted by Gasteiger charge is -2.39. The van der Waals surface area contributed by atoms with Crippen LogP contribution in [0.1, 0.15) is 28.0 Å². The summed E-state index contributed by atoms with van der Waals surface area (Å²) in [4.78, 5) is 37.5. The molecule has 1 aromatic carbocycles. The number of carbonyl (C=O) groups excluding carboxylic acids is 2. The van der Waals surface area contributed by atoms with Gasteiger partial charge in [-0.1, -0.05) is 24.3 Å². The number of carbonyl (C=O) groups is 2. The number of amides is 2. The molecule has 4 rings (SSSR count). The van der Waals surface area contributed by atoms with Crippen LogP contribution >= 0.6 is 0 Å². The predicted octanol–water partition coefficient (Wildman–Crippen LogP) is 1.66. The van der Waals surface area contributed by atoms with Gasteiger partial charge in [0, 0.05) is 31.7 Å². The van der Waals surface area contributed by atoms with Crippen LogP contribution in [0.25, 0.3) is 5.69 Å². The van der Waals surface area contributed by atoms with Crippen molar-refractivity contribution in [1.82, 2.24) is 29.5 Å². The summed E-state index contributed by atoms with van der Waals surface area (Å²) in [6, 6.07) is 14.4. The minimum atomic E-state index is -0.247. The Balaban J connectivity index is 1.43. The molecule has 1 fully saturated rings. The van der Waals surface area contributed by atoms with Crippen molar-refractivity contribution < 1.29 is 14.3 Å². The molecule has 154 valence electrons. The number of benzene rings is 1. The van der Waals surface area contributed by atoms with Gasteiger partial charge in [0.1, 0.15) is 12.0 Å². The first-order valence-electron chi connectivity index (χ1n) is 9.65. The van der Waals surface area contributed by atoms with Crippen molar-refractivity contribution in [1.29, 1.82) is 0 Å². The zero-order valence-electron chi connectivity index (χ0n) is 16.8. The number of aromatic nitrogens is 4. The number of piperazine rings is 1. The van der Waals surface area contributed by atoms with E-state index in [0.29, 0.717) is 31.2 Å². The zero-order valence-corrected chi connectivity index (χ0v) is 16.8. The molecule has 1 saturated heterocycles. The Morgan fingerprint density at radius 3 is 2.57 bits per heavy atom. The van der Waals surface area contributed by atoms with E-state index in [4.69, 9.17) is 4.74 Å². The van der Waals surface area contributed by atoms with E-state index in [1.807, 2.05) is 37.3 Å². The molecule has 1 aliphatic rings. The van der Waals surface area contributed by atoms with Crippen molar-refractivity contribution in [2.45, 2.75) is 13.0 Å². The number of methoxy groups -OCH3 is 1. The second kappa shape index (κ2) is 8.32. The van der Waals surface area contributed by atoms with Gasteiger partial charge < -0.3 is 14.5 Å². The van der Waals surface area contributed by atoms with Gasteiger partial charge in [-0.2, -0.15) is 0 Å². The fourth-order valence-electron chi connectivity index (χ4n) is 3.45. The van der Waals surface area contributed by atoms with Crippen LogP contribution in [0, 0.1) is 0 Å². The van der Waals surface area contributed by atoms with E-state index in [-0.39, 0.29) is 23.7 Å². The minimum Gasteiger partial charge on any atom is -0.481 e. The van der Waals surface area contributed by atoms with Crippen LogP contribution in [0.15, 0.2) is 54.9 Å². The molecule has 0 spiro atoms. The lowest BCUT2D eigenvalue weighted by molar-refractivity contribution is 0.0404. The Kier molecular flexibility index (Phi) is 5.42. The van der Waals surface area contributed by atoms with E-state index in [1.165, 1.54) is 13.4 Å². The van der Waals surface area contributed by atoms with Gasteiger partial charge in [-0.3, -0.25) is 9.59 Å². The van der Waals surface area contributed by atoms with Crippen LogP contribution in [0.2, 0.25) is 0 Å². The van der Waals surface area contributed by atoms with E-state index in [9.17, 15) is 9.59 Å². The summed E-state index contributed by atoms with van der Waals surface area (Å²) in [5.74, 6) is 0.103. The Bertz CT molecular complexity index is 1050. The van der Waals surface area contributed by atoms with Crippen molar-refractivity contribution in [3.05, 3.63) is 66.4 Å². The van der Waals surface area contributed by atoms with Crippen LogP contribution in [0.4, 0.5) is 0 Å². The monoisotopic (exact) mass is 406 g/mol. The quantitative estimate of drug-likeness (QED) is 0.654. The number of pyridine rings is 1.